The quantitative estimate of drug-likeness (QED) is 0.236. The lowest BCUT2D eigenvalue weighted by molar-refractivity contribution is 0.384. The molecule has 1 nitrogen and oxygen atoms in total. The molecule has 0 bridgehead atoms. The van der Waals surface area contributed by atoms with Gasteiger partial charge in [-0.15, -0.1) is 11.8 Å². The van der Waals surface area contributed by atoms with Crippen molar-refractivity contribution in [2.24, 2.45) is 5.92 Å². The van der Waals surface area contributed by atoms with Gasteiger partial charge < -0.3 is 0 Å². The fourth-order valence-electron chi connectivity index (χ4n) is 5.39. The van der Waals surface area contributed by atoms with E-state index in [1.54, 1.807) is 11.1 Å². The number of fused-ring (bicyclic) bond motifs is 3. The zero-order chi connectivity index (χ0) is 19.1. The number of hydrogen-bond donors (Lipinski definition) is 0. The van der Waals surface area contributed by atoms with E-state index in [0.29, 0.717) is 11.2 Å². The van der Waals surface area contributed by atoms with Gasteiger partial charge in [0.15, 0.2) is 0 Å². The number of para-hydroxylation sites is 1. The number of anilines is 2. The summed E-state index contributed by atoms with van der Waals surface area (Å²) in [7, 11) is 0. The highest BCUT2D eigenvalue weighted by Gasteiger charge is 2.41. The van der Waals surface area contributed by atoms with Gasteiger partial charge in [-0.3, -0.25) is 3.11 Å². The predicted molar refractivity (Wildman–Crippen MR) is 130 cm³/mol. The van der Waals surface area contributed by atoms with Gasteiger partial charge in [0.25, 0.3) is 0 Å². The summed E-state index contributed by atoms with van der Waals surface area (Å²) in [5, 5.41) is 0.676. The number of rotatable bonds is 3. The second-order valence-electron chi connectivity index (χ2n) is 8.52. The normalized spacial score (nSPS) is 24.4. The number of allylic oxidation sites excluding steroid dienone is 1. The lowest BCUT2D eigenvalue weighted by Crippen LogP contribution is -2.24. The van der Waals surface area contributed by atoms with Crippen LogP contribution in [0.1, 0.15) is 62.0 Å². The Labute approximate surface area is 187 Å². The van der Waals surface area contributed by atoms with Crippen molar-refractivity contribution in [3.63, 3.8) is 0 Å². The fourth-order valence-corrected chi connectivity index (χ4v) is 8.26. The first-order valence-corrected chi connectivity index (χ1v) is 12.6. The summed E-state index contributed by atoms with van der Waals surface area (Å²) in [5.74, 6) is 1.56. The number of halogens is 1. The van der Waals surface area contributed by atoms with Crippen LogP contribution in [0.3, 0.4) is 0 Å². The van der Waals surface area contributed by atoms with Gasteiger partial charge in [-0.1, -0.05) is 61.2 Å². The van der Waals surface area contributed by atoms with E-state index in [2.05, 4.69) is 93.2 Å². The molecule has 1 aliphatic heterocycles. The summed E-state index contributed by atoms with van der Waals surface area (Å²) in [6.07, 6.45) is 12.3. The van der Waals surface area contributed by atoms with Crippen LogP contribution in [0, 0.1) is 12.8 Å². The molecule has 2 aromatic rings. The Morgan fingerprint density at radius 2 is 1.71 bits per heavy atom. The van der Waals surface area contributed by atoms with Crippen LogP contribution >= 0.6 is 34.6 Å². The first-order valence-electron chi connectivity index (χ1n) is 10.7. The van der Waals surface area contributed by atoms with Crippen LogP contribution in [0.5, 0.6) is 0 Å². The number of benzene rings is 2. The molecule has 5 rings (SSSR count). The van der Waals surface area contributed by atoms with Gasteiger partial charge >= 0.3 is 0 Å². The van der Waals surface area contributed by atoms with Crippen molar-refractivity contribution in [2.75, 3.05) is 3.11 Å². The van der Waals surface area contributed by atoms with Gasteiger partial charge in [0.1, 0.15) is 0 Å². The van der Waals surface area contributed by atoms with E-state index in [-0.39, 0.29) is 0 Å². The number of hydrogen-bond acceptors (Lipinski definition) is 2. The summed E-state index contributed by atoms with van der Waals surface area (Å²) < 4.78 is 2.38. The molecule has 3 heteroatoms. The minimum Gasteiger partial charge on any atom is -0.282 e. The summed E-state index contributed by atoms with van der Waals surface area (Å²) in [5.41, 5.74) is 7.39. The van der Waals surface area contributed by atoms with Crippen molar-refractivity contribution in [3.8, 4) is 0 Å². The Bertz CT molecular complexity index is 899. The molecule has 0 spiro atoms. The van der Waals surface area contributed by atoms with Crippen LogP contribution in [0.25, 0.3) is 0 Å². The van der Waals surface area contributed by atoms with E-state index in [4.69, 9.17) is 0 Å². The van der Waals surface area contributed by atoms with Crippen LogP contribution in [0.2, 0.25) is 0 Å². The highest BCUT2D eigenvalue weighted by molar-refractivity contribution is 14.1. The molecule has 0 amide bonds. The molecular formula is C25H28INS. The van der Waals surface area contributed by atoms with E-state index < -0.39 is 0 Å². The topological polar surface area (TPSA) is 3.24 Å². The van der Waals surface area contributed by atoms with Gasteiger partial charge in [0.2, 0.25) is 0 Å². The number of thioether (sulfide) groups is 1. The largest absolute Gasteiger partial charge is 0.282 e. The molecule has 0 radical (unpaired) electrons. The molecule has 1 fully saturated rings. The van der Waals surface area contributed by atoms with Crippen molar-refractivity contribution in [1.82, 2.24) is 0 Å². The standard InChI is InChI=1S/C25H28INS/c1-17-9-5-6-15-22(17)27(26)23-16-8-14-21-20-13-7-12-19(24(20)28-25(21)23)18-10-3-2-4-11-18/h5-6,8-9,12,14-16,18,20,24H,2-4,7,10-11,13H2,1H3. The molecule has 2 aliphatic carbocycles. The Hall–Kier alpha value is -0.940. The molecule has 146 valence electrons. The first kappa shape index (κ1) is 19.0. The van der Waals surface area contributed by atoms with Crippen molar-refractivity contribution in [2.45, 2.75) is 67.9 Å². The maximum atomic E-state index is 2.62. The van der Waals surface area contributed by atoms with Crippen molar-refractivity contribution >= 4 is 46.0 Å². The number of nitrogens with zero attached hydrogens (tertiary/aromatic N) is 1. The SMILES string of the molecule is Cc1ccccc1N(I)c1cccc2c1SC1C(C3CCCCC3)=CCCC21. The molecule has 28 heavy (non-hydrogen) atoms. The predicted octanol–water partition coefficient (Wildman–Crippen LogP) is 8.34. The van der Waals surface area contributed by atoms with Crippen molar-refractivity contribution in [3.05, 3.63) is 65.2 Å². The number of aryl methyl sites for hydroxylation is 1. The van der Waals surface area contributed by atoms with Crippen molar-refractivity contribution < 1.29 is 0 Å². The van der Waals surface area contributed by atoms with E-state index in [1.807, 2.05) is 0 Å². The second kappa shape index (κ2) is 8.06. The molecule has 2 atom stereocenters. The van der Waals surface area contributed by atoms with E-state index in [1.165, 1.54) is 66.8 Å². The Morgan fingerprint density at radius 3 is 2.54 bits per heavy atom. The van der Waals surface area contributed by atoms with Gasteiger partial charge in [0, 0.05) is 16.1 Å². The first-order chi connectivity index (χ1) is 13.7. The molecule has 1 heterocycles. The van der Waals surface area contributed by atoms with E-state index in [0.717, 1.165) is 5.92 Å². The molecule has 3 aliphatic rings. The summed E-state index contributed by atoms with van der Waals surface area (Å²) in [4.78, 5) is 1.53. The van der Waals surface area contributed by atoms with Crippen LogP contribution < -0.4 is 3.11 Å². The monoisotopic (exact) mass is 501 g/mol. The van der Waals surface area contributed by atoms with Gasteiger partial charge in [-0.2, -0.15) is 0 Å². The van der Waals surface area contributed by atoms with Crippen LogP contribution in [-0.2, 0) is 0 Å². The van der Waals surface area contributed by atoms with Crippen molar-refractivity contribution in [1.29, 1.82) is 0 Å². The van der Waals surface area contributed by atoms with Crippen LogP contribution in [-0.4, -0.2) is 5.25 Å². The fraction of sp³-hybridized carbons (Fsp3) is 0.440. The molecular weight excluding hydrogens is 473 g/mol. The average molecular weight is 501 g/mol. The van der Waals surface area contributed by atoms with Gasteiger partial charge in [-0.05, 0) is 61.8 Å². The molecule has 0 N–H and O–H groups in total. The third kappa shape index (κ3) is 3.32. The Morgan fingerprint density at radius 1 is 0.929 bits per heavy atom. The summed E-state index contributed by atoms with van der Waals surface area (Å²) in [6, 6.07) is 15.7. The third-order valence-electron chi connectivity index (χ3n) is 6.84. The second-order valence-corrected chi connectivity index (χ2v) is 10.6. The third-order valence-corrected chi connectivity index (χ3v) is 9.41. The summed E-state index contributed by atoms with van der Waals surface area (Å²) >= 11 is 4.66. The van der Waals surface area contributed by atoms with Gasteiger partial charge in [-0.25, -0.2) is 0 Å². The zero-order valence-electron chi connectivity index (χ0n) is 16.5. The lowest BCUT2D eigenvalue weighted by Gasteiger charge is -2.34. The molecule has 0 saturated heterocycles. The van der Waals surface area contributed by atoms with Crippen LogP contribution in [0.15, 0.2) is 59.0 Å². The Kier molecular flexibility index (Phi) is 5.48. The van der Waals surface area contributed by atoms with Crippen LogP contribution in [0.4, 0.5) is 11.4 Å². The molecule has 2 unspecified atom stereocenters. The molecule has 2 aromatic carbocycles. The maximum Gasteiger partial charge on any atom is 0.0649 e. The molecule has 1 saturated carbocycles. The smallest absolute Gasteiger partial charge is 0.0649 e. The highest BCUT2D eigenvalue weighted by atomic mass is 127. The highest BCUT2D eigenvalue weighted by Crippen LogP contribution is 2.58. The summed E-state index contributed by atoms with van der Waals surface area (Å²) in [6.45, 7) is 2.21. The Balaban J connectivity index is 1.49. The minimum absolute atomic E-state index is 0.676. The average Bonchev–Trinajstić information content (AvgIpc) is 3.13. The van der Waals surface area contributed by atoms with E-state index in [9.17, 15) is 0 Å². The lowest BCUT2D eigenvalue weighted by atomic mass is 9.75. The maximum absolute atomic E-state index is 2.62. The minimum atomic E-state index is 0.676. The zero-order valence-corrected chi connectivity index (χ0v) is 19.5. The molecule has 0 aromatic heterocycles. The van der Waals surface area contributed by atoms with Gasteiger partial charge in [0.05, 0.1) is 34.2 Å². The van der Waals surface area contributed by atoms with E-state index >= 15 is 0 Å².